The molecule has 7 heteroatoms. The Morgan fingerprint density at radius 3 is 2.60 bits per heavy atom. The van der Waals surface area contributed by atoms with Gasteiger partial charge in [-0.2, -0.15) is 0 Å². The van der Waals surface area contributed by atoms with Gasteiger partial charge in [0.1, 0.15) is 17.4 Å². The summed E-state index contributed by atoms with van der Waals surface area (Å²) in [7, 11) is 0. The highest BCUT2D eigenvalue weighted by atomic mass is 35.5. The predicted octanol–water partition coefficient (Wildman–Crippen LogP) is 9.79. The van der Waals surface area contributed by atoms with Crippen LogP contribution < -0.4 is 10.1 Å². The van der Waals surface area contributed by atoms with E-state index >= 15 is 0 Å². The summed E-state index contributed by atoms with van der Waals surface area (Å²) in [6.45, 7) is 7.26. The number of hydrogen-bond donors (Lipinski definition) is 1. The topological polar surface area (TPSA) is 50.7 Å². The van der Waals surface area contributed by atoms with Crippen molar-refractivity contribution in [3.8, 4) is 5.75 Å². The number of fused-ring (bicyclic) bond motifs is 1. The van der Waals surface area contributed by atoms with E-state index < -0.39 is 0 Å². The number of thiophene rings is 1. The van der Waals surface area contributed by atoms with Gasteiger partial charge < -0.3 is 10.1 Å². The van der Waals surface area contributed by atoms with Gasteiger partial charge in [-0.25, -0.2) is 4.99 Å². The van der Waals surface area contributed by atoms with Crippen molar-refractivity contribution in [2.24, 2.45) is 16.3 Å². The molecule has 0 aliphatic heterocycles. The Balaban J connectivity index is 1.41. The Labute approximate surface area is 250 Å². The Morgan fingerprint density at radius 1 is 1.07 bits per heavy atom. The van der Waals surface area contributed by atoms with Crippen molar-refractivity contribution >= 4 is 57.3 Å². The zero-order valence-electron chi connectivity index (χ0n) is 22.8. The summed E-state index contributed by atoms with van der Waals surface area (Å²) in [5, 5.41) is 5.09. The fourth-order valence-electron chi connectivity index (χ4n) is 4.96. The lowest BCUT2D eigenvalue weighted by Crippen LogP contribution is -2.27. The minimum Gasteiger partial charge on any atom is -0.489 e. The fraction of sp³-hybridized carbons (Fsp3) is 0.273. The molecule has 3 aromatic carbocycles. The van der Waals surface area contributed by atoms with Crippen molar-refractivity contribution in [3.63, 3.8) is 0 Å². The number of halogens is 2. The highest BCUT2D eigenvalue weighted by Crippen LogP contribution is 2.45. The summed E-state index contributed by atoms with van der Waals surface area (Å²) in [5.74, 6) is 1.15. The van der Waals surface area contributed by atoms with Gasteiger partial charge in [-0.3, -0.25) is 4.79 Å². The van der Waals surface area contributed by atoms with E-state index in [1.165, 1.54) is 4.88 Å². The molecule has 1 aliphatic rings. The summed E-state index contributed by atoms with van der Waals surface area (Å²) >= 11 is 13.9. The first kappa shape index (κ1) is 28.4. The van der Waals surface area contributed by atoms with Crippen molar-refractivity contribution in [3.05, 3.63) is 110 Å². The molecule has 1 N–H and O–H groups in total. The first-order valence-corrected chi connectivity index (χ1v) is 15.0. The molecule has 0 fully saturated rings. The van der Waals surface area contributed by atoms with Crippen LogP contribution in [-0.4, -0.2) is 12.1 Å². The third kappa shape index (κ3) is 6.77. The van der Waals surface area contributed by atoms with E-state index in [1.807, 2.05) is 60.7 Å². The van der Waals surface area contributed by atoms with Crippen molar-refractivity contribution in [2.75, 3.05) is 5.32 Å². The van der Waals surface area contributed by atoms with Gasteiger partial charge in [0.15, 0.2) is 0 Å². The van der Waals surface area contributed by atoms with Crippen LogP contribution in [0.1, 0.15) is 59.1 Å². The summed E-state index contributed by atoms with van der Waals surface area (Å²) in [6, 6.07) is 22.6. The molecule has 1 heterocycles. The van der Waals surface area contributed by atoms with Crippen LogP contribution in [-0.2, 0) is 19.4 Å². The molecule has 4 aromatic rings. The number of hydrogen-bond acceptors (Lipinski definition) is 4. The lowest BCUT2D eigenvalue weighted by Gasteiger charge is -2.33. The third-order valence-electron chi connectivity index (χ3n) is 7.34. The second-order valence-electron chi connectivity index (χ2n) is 11.2. The van der Waals surface area contributed by atoms with E-state index in [-0.39, 0.29) is 11.3 Å². The SMILES string of the molecule is CC(C)(C)[C@@H]1CCc2c(sc(N=Cc3cccc(OCc4ccccc4Cl)c3)c2C(=O)Nc2ccc(Cl)cc2)C1. The fourth-order valence-corrected chi connectivity index (χ4v) is 6.54. The average molecular weight is 592 g/mol. The first-order chi connectivity index (χ1) is 19.2. The lowest BCUT2D eigenvalue weighted by atomic mass is 9.72. The largest absolute Gasteiger partial charge is 0.489 e. The van der Waals surface area contributed by atoms with Crippen LogP contribution >= 0.6 is 34.5 Å². The van der Waals surface area contributed by atoms with Gasteiger partial charge in [0.2, 0.25) is 0 Å². The number of rotatable bonds is 7. The molecule has 1 aliphatic carbocycles. The smallest absolute Gasteiger partial charge is 0.259 e. The summed E-state index contributed by atoms with van der Waals surface area (Å²) in [6.07, 6.45) is 4.70. The van der Waals surface area contributed by atoms with Gasteiger partial charge in [-0.15, -0.1) is 11.3 Å². The van der Waals surface area contributed by atoms with Gasteiger partial charge in [-0.05, 0) is 84.2 Å². The third-order valence-corrected chi connectivity index (χ3v) is 9.12. The molecule has 206 valence electrons. The monoisotopic (exact) mass is 590 g/mol. The number of benzene rings is 3. The minimum absolute atomic E-state index is 0.141. The van der Waals surface area contributed by atoms with Crippen LogP contribution in [0.15, 0.2) is 77.8 Å². The van der Waals surface area contributed by atoms with Crippen LogP contribution in [0.4, 0.5) is 10.7 Å². The zero-order chi connectivity index (χ0) is 28.3. The summed E-state index contributed by atoms with van der Waals surface area (Å²) in [4.78, 5) is 19.7. The van der Waals surface area contributed by atoms with Gasteiger partial charge in [-0.1, -0.05) is 74.3 Å². The van der Waals surface area contributed by atoms with Gasteiger partial charge in [0.25, 0.3) is 5.91 Å². The Morgan fingerprint density at radius 2 is 1.85 bits per heavy atom. The molecule has 1 atom stereocenters. The van der Waals surface area contributed by atoms with Crippen LogP contribution in [0.3, 0.4) is 0 Å². The maximum atomic E-state index is 13.6. The molecule has 0 spiro atoms. The molecule has 1 aromatic heterocycles. The Kier molecular flexibility index (Phi) is 8.65. The highest BCUT2D eigenvalue weighted by molar-refractivity contribution is 7.16. The Hall–Kier alpha value is -3.12. The van der Waals surface area contributed by atoms with Gasteiger partial charge >= 0.3 is 0 Å². The van der Waals surface area contributed by atoms with Crippen LogP contribution in [0, 0.1) is 11.3 Å². The van der Waals surface area contributed by atoms with E-state index in [2.05, 4.69) is 26.1 Å². The highest BCUT2D eigenvalue weighted by Gasteiger charge is 2.33. The maximum Gasteiger partial charge on any atom is 0.259 e. The predicted molar refractivity (Wildman–Crippen MR) is 168 cm³/mol. The molecule has 0 saturated heterocycles. The van der Waals surface area contributed by atoms with E-state index in [9.17, 15) is 4.79 Å². The summed E-state index contributed by atoms with van der Waals surface area (Å²) < 4.78 is 6.00. The molecule has 0 unspecified atom stereocenters. The first-order valence-electron chi connectivity index (χ1n) is 13.4. The van der Waals surface area contributed by atoms with Crippen molar-refractivity contribution < 1.29 is 9.53 Å². The van der Waals surface area contributed by atoms with Crippen LogP contribution in [0.25, 0.3) is 0 Å². The normalized spacial score (nSPS) is 15.2. The summed E-state index contributed by atoms with van der Waals surface area (Å²) in [5.41, 5.74) is 4.53. The second kappa shape index (κ2) is 12.2. The minimum atomic E-state index is -0.141. The van der Waals surface area contributed by atoms with Crippen molar-refractivity contribution in [2.45, 2.75) is 46.6 Å². The van der Waals surface area contributed by atoms with Gasteiger partial charge in [0, 0.05) is 32.4 Å². The standard InChI is InChI=1S/C33H32Cl2N2O2S/c1-33(2,3)23-11-16-27-29(18-23)40-32(30(27)31(38)37-25-14-12-24(34)13-15-25)36-19-21-7-6-9-26(17-21)39-20-22-8-4-5-10-28(22)35/h4-10,12-15,17,19,23H,11,16,18,20H2,1-3H3,(H,37,38)/t23-/m1/s1. The number of anilines is 1. The number of ether oxygens (including phenoxy) is 1. The molecule has 0 bridgehead atoms. The van der Waals surface area contributed by atoms with E-state index in [1.54, 1.807) is 29.7 Å². The Bertz CT molecular complexity index is 1540. The molecule has 40 heavy (non-hydrogen) atoms. The van der Waals surface area contributed by atoms with Crippen LogP contribution in [0.5, 0.6) is 5.75 Å². The number of nitrogens with one attached hydrogen (secondary N) is 1. The van der Waals surface area contributed by atoms with Crippen molar-refractivity contribution in [1.29, 1.82) is 0 Å². The molecular formula is C33H32Cl2N2O2S. The van der Waals surface area contributed by atoms with E-state index in [0.29, 0.717) is 33.8 Å². The maximum absolute atomic E-state index is 13.6. The molecule has 1 amide bonds. The van der Waals surface area contributed by atoms with E-state index in [4.69, 9.17) is 32.9 Å². The quantitative estimate of drug-likeness (QED) is 0.218. The van der Waals surface area contributed by atoms with Crippen molar-refractivity contribution in [1.82, 2.24) is 0 Å². The zero-order valence-corrected chi connectivity index (χ0v) is 25.2. The molecular weight excluding hydrogens is 559 g/mol. The van der Waals surface area contributed by atoms with Crippen LogP contribution in [0.2, 0.25) is 10.0 Å². The molecule has 0 radical (unpaired) electrons. The number of amides is 1. The second-order valence-corrected chi connectivity index (χ2v) is 13.1. The van der Waals surface area contributed by atoms with Gasteiger partial charge in [0.05, 0.1) is 5.56 Å². The van der Waals surface area contributed by atoms with E-state index in [0.717, 1.165) is 46.7 Å². The average Bonchev–Trinajstić information content (AvgIpc) is 3.30. The number of carbonyl (C=O) groups excluding carboxylic acids is 1. The number of carbonyl (C=O) groups is 1. The lowest BCUT2D eigenvalue weighted by molar-refractivity contribution is 0.102. The molecule has 4 nitrogen and oxygen atoms in total. The number of aliphatic imine (C=N–C) groups is 1. The molecule has 5 rings (SSSR count). The number of nitrogens with zero attached hydrogens (tertiary/aromatic N) is 1. The molecule has 0 saturated carbocycles.